The van der Waals surface area contributed by atoms with Crippen LogP contribution in [0.25, 0.3) is 10.9 Å². The van der Waals surface area contributed by atoms with Crippen LogP contribution in [0.15, 0.2) is 41.2 Å². The minimum absolute atomic E-state index is 0.0570. The topological polar surface area (TPSA) is 91.5 Å². The molecule has 0 saturated heterocycles. The number of H-pyrrole nitrogens is 1. The van der Waals surface area contributed by atoms with E-state index in [1.54, 1.807) is 37.4 Å². The lowest BCUT2D eigenvalue weighted by Gasteiger charge is -2.18. The fourth-order valence-electron chi connectivity index (χ4n) is 3.05. The first-order valence-electron chi connectivity index (χ1n) is 8.06. The molecule has 1 aliphatic rings. The van der Waals surface area contributed by atoms with E-state index in [9.17, 15) is 14.4 Å². The number of ether oxygens (including phenoxy) is 1. The number of hydrogen-bond donors (Lipinski definition) is 2. The Bertz CT molecular complexity index is 1190. The zero-order valence-corrected chi connectivity index (χ0v) is 15.2. The Labute approximate surface area is 158 Å². The summed E-state index contributed by atoms with van der Waals surface area (Å²) in [6.45, 7) is 1.81. The van der Waals surface area contributed by atoms with Crippen molar-refractivity contribution >= 4 is 40.0 Å². The molecule has 3 aromatic rings. The number of imide groups is 1. The molecule has 0 fully saturated rings. The number of pyridine rings is 1. The largest absolute Gasteiger partial charge is 0.497 e. The van der Waals surface area contributed by atoms with E-state index in [4.69, 9.17) is 16.3 Å². The van der Waals surface area contributed by atoms with Crippen LogP contribution in [-0.4, -0.2) is 28.9 Å². The molecule has 0 atom stereocenters. The van der Waals surface area contributed by atoms with E-state index < -0.39 is 17.2 Å². The Morgan fingerprint density at radius 2 is 1.85 bits per heavy atom. The summed E-state index contributed by atoms with van der Waals surface area (Å²) in [6, 6.07) is 9.79. The van der Waals surface area contributed by atoms with E-state index in [0.717, 1.165) is 10.6 Å². The molecule has 2 N–H and O–H groups in total. The highest BCUT2D eigenvalue weighted by Gasteiger charge is 2.40. The number of methoxy groups -OCH3 is 1. The maximum absolute atomic E-state index is 12.7. The number of aromatic amines is 1. The van der Waals surface area contributed by atoms with Gasteiger partial charge in [-0.3, -0.25) is 19.8 Å². The lowest BCUT2D eigenvalue weighted by molar-refractivity contribution is 0.0689. The minimum Gasteiger partial charge on any atom is -0.497 e. The number of hydrogen-bond acceptors (Lipinski definition) is 5. The van der Waals surface area contributed by atoms with Crippen molar-refractivity contribution < 1.29 is 14.3 Å². The second-order valence-electron chi connectivity index (χ2n) is 6.13. The van der Waals surface area contributed by atoms with Gasteiger partial charge in [0.15, 0.2) is 0 Å². The van der Waals surface area contributed by atoms with Gasteiger partial charge in [0.1, 0.15) is 17.0 Å². The third-order valence-corrected chi connectivity index (χ3v) is 4.70. The molecule has 27 heavy (non-hydrogen) atoms. The molecular weight excluding hydrogens is 370 g/mol. The molecule has 0 aliphatic carbocycles. The van der Waals surface area contributed by atoms with Crippen molar-refractivity contribution in [2.45, 2.75) is 6.92 Å². The first kappa shape index (κ1) is 17.1. The molecule has 0 bridgehead atoms. The molecule has 136 valence electrons. The van der Waals surface area contributed by atoms with Crippen LogP contribution in [-0.2, 0) is 0 Å². The standard InChI is InChI=1S/C19H14ClN3O4/c1-9-7-11(27-2)4-6-13(9)22-23-18(25)15-16(19(23)26)21-14-8-10(20)3-5-12(14)17(15)24/h3-8,22H,1-2H3,(H,21,24). The molecule has 4 rings (SSSR count). The summed E-state index contributed by atoms with van der Waals surface area (Å²) >= 11 is 5.96. The van der Waals surface area contributed by atoms with Gasteiger partial charge in [0.05, 0.1) is 18.3 Å². The van der Waals surface area contributed by atoms with Gasteiger partial charge in [-0.1, -0.05) is 11.6 Å². The Kier molecular flexibility index (Phi) is 3.89. The maximum atomic E-state index is 12.7. The summed E-state index contributed by atoms with van der Waals surface area (Å²) in [4.78, 5) is 41.1. The lowest BCUT2D eigenvalue weighted by atomic mass is 10.1. The highest BCUT2D eigenvalue weighted by atomic mass is 35.5. The van der Waals surface area contributed by atoms with Crippen LogP contribution < -0.4 is 15.6 Å². The molecular formula is C19H14ClN3O4. The third kappa shape index (κ3) is 2.63. The minimum atomic E-state index is -0.705. The number of anilines is 1. The van der Waals surface area contributed by atoms with Crippen LogP contribution in [0.5, 0.6) is 5.75 Å². The van der Waals surface area contributed by atoms with Crippen molar-refractivity contribution in [2.24, 2.45) is 0 Å². The average molecular weight is 384 g/mol. The summed E-state index contributed by atoms with van der Waals surface area (Å²) < 4.78 is 5.15. The van der Waals surface area contributed by atoms with Crippen molar-refractivity contribution in [3.05, 3.63) is 68.5 Å². The number of amides is 2. The molecule has 0 saturated carbocycles. The van der Waals surface area contributed by atoms with Gasteiger partial charge in [0.2, 0.25) is 5.43 Å². The van der Waals surface area contributed by atoms with E-state index in [1.807, 2.05) is 6.92 Å². The first-order chi connectivity index (χ1) is 12.9. The van der Waals surface area contributed by atoms with Gasteiger partial charge >= 0.3 is 0 Å². The highest BCUT2D eigenvalue weighted by Crippen LogP contribution is 2.26. The second-order valence-corrected chi connectivity index (χ2v) is 6.57. The monoisotopic (exact) mass is 383 g/mol. The van der Waals surface area contributed by atoms with Crippen LogP contribution in [0.2, 0.25) is 5.02 Å². The third-order valence-electron chi connectivity index (χ3n) is 4.46. The zero-order valence-electron chi connectivity index (χ0n) is 14.4. The smallest absolute Gasteiger partial charge is 0.297 e. The van der Waals surface area contributed by atoms with E-state index in [1.165, 1.54) is 6.07 Å². The summed E-state index contributed by atoms with van der Waals surface area (Å²) in [5.74, 6) is -0.689. The van der Waals surface area contributed by atoms with Crippen LogP contribution in [0.4, 0.5) is 5.69 Å². The van der Waals surface area contributed by atoms with Crippen LogP contribution >= 0.6 is 11.6 Å². The van der Waals surface area contributed by atoms with E-state index >= 15 is 0 Å². The lowest BCUT2D eigenvalue weighted by Crippen LogP contribution is -2.36. The molecule has 2 amide bonds. The van der Waals surface area contributed by atoms with Crippen molar-refractivity contribution in [3.63, 3.8) is 0 Å². The van der Waals surface area contributed by atoms with Crippen molar-refractivity contribution in [2.75, 3.05) is 12.5 Å². The fourth-order valence-corrected chi connectivity index (χ4v) is 3.23. The number of halogens is 1. The molecule has 2 aromatic carbocycles. The SMILES string of the molecule is COc1ccc(NN2C(=O)c3[nH]c4cc(Cl)ccc4c(=O)c3C2=O)c(C)c1. The van der Waals surface area contributed by atoms with Crippen molar-refractivity contribution in [1.82, 2.24) is 9.99 Å². The summed E-state index contributed by atoms with van der Waals surface area (Å²) in [6.07, 6.45) is 0. The number of aryl methyl sites for hydroxylation is 1. The Morgan fingerprint density at radius 1 is 1.07 bits per heavy atom. The van der Waals surface area contributed by atoms with E-state index in [0.29, 0.717) is 27.4 Å². The fraction of sp³-hybridized carbons (Fsp3) is 0.105. The molecule has 0 unspecified atom stereocenters. The Morgan fingerprint density at radius 3 is 2.56 bits per heavy atom. The number of carbonyl (C=O) groups is 2. The van der Waals surface area contributed by atoms with Crippen LogP contribution in [0.3, 0.4) is 0 Å². The number of benzene rings is 2. The van der Waals surface area contributed by atoms with Crippen LogP contribution in [0, 0.1) is 6.92 Å². The molecule has 7 nitrogen and oxygen atoms in total. The number of nitrogens with zero attached hydrogens (tertiary/aromatic N) is 1. The Balaban J connectivity index is 1.78. The highest BCUT2D eigenvalue weighted by molar-refractivity contribution is 6.31. The predicted octanol–water partition coefficient (Wildman–Crippen LogP) is 3.12. The summed E-state index contributed by atoms with van der Waals surface area (Å²) in [5, 5.41) is 1.54. The number of hydrazine groups is 1. The van der Waals surface area contributed by atoms with Crippen molar-refractivity contribution in [1.29, 1.82) is 0 Å². The number of aromatic nitrogens is 1. The van der Waals surface area contributed by atoms with E-state index in [-0.39, 0.29) is 11.3 Å². The number of fused-ring (bicyclic) bond motifs is 2. The predicted molar refractivity (Wildman–Crippen MR) is 101 cm³/mol. The maximum Gasteiger partial charge on any atom is 0.297 e. The quantitative estimate of drug-likeness (QED) is 0.678. The summed E-state index contributed by atoms with van der Waals surface area (Å²) in [7, 11) is 1.55. The molecule has 2 heterocycles. The summed E-state index contributed by atoms with van der Waals surface area (Å²) in [5.41, 5.74) is 3.76. The van der Waals surface area contributed by atoms with Gasteiger partial charge in [-0.05, 0) is 48.9 Å². The molecule has 1 aliphatic heterocycles. The second kappa shape index (κ2) is 6.14. The number of nitrogens with one attached hydrogen (secondary N) is 2. The van der Waals surface area contributed by atoms with Gasteiger partial charge in [-0.25, -0.2) is 0 Å². The average Bonchev–Trinajstić information content (AvgIpc) is 2.87. The van der Waals surface area contributed by atoms with Gasteiger partial charge < -0.3 is 9.72 Å². The molecule has 0 spiro atoms. The number of rotatable bonds is 3. The van der Waals surface area contributed by atoms with Gasteiger partial charge in [0.25, 0.3) is 11.8 Å². The zero-order chi connectivity index (χ0) is 19.3. The Hall–Kier alpha value is -3.32. The van der Waals surface area contributed by atoms with E-state index in [2.05, 4.69) is 10.4 Å². The molecule has 0 radical (unpaired) electrons. The van der Waals surface area contributed by atoms with Crippen molar-refractivity contribution in [3.8, 4) is 5.75 Å². The van der Waals surface area contributed by atoms with Crippen LogP contribution in [0.1, 0.15) is 26.4 Å². The molecule has 1 aromatic heterocycles. The van der Waals surface area contributed by atoms with Gasteiger partial charge in [-0.2, -0.15) is 5.01 Å². The number of carbonyl (C=O) groups excluding carboxylic acids is 2. The normalized spacial score (nSPS) is 13.2. The van der Waals surface area contributed by atoms with Gasteiger partial charge in [0, 0.05) is 10.4 Å². The molecule has 8 heteroatoms. The van der Waals surface area contributed by atoms with Gasteiger partial charge in [-0.15, -0.1) is 0 Å². The first-order valence-corrected chi connectivity index (χ1v) is 8.44.